The van der Waals surface area contributed by atoms with E-state index in [9.17, 15) is 0 Å². The van der Waals surface area contributed by atoms with Crippen LogP contribution in [0.4, 0.5) is 0 Å². The van der Waals surface area contributed by atoms with Crippen molar-refractivity contribution in [2.24, 2.45) is 5.92 Å². The lowest BCUT2D eigenvalue weighted by Crippen LogP contribution is -2.16. The monoisotopic (exact) mass is 258 g/mol. The molecule has 1 aromatic rings. The summed E-state index contributed by atoms with van der Waals surface area (Å²) in [5.74, 6) is 2.51. The molecule has 0 aromatic carbocycles. The van der Waals surface area contributed by atoms with E-state index in [1.807, 2.05) is 6.07 Å². The molecule has 0 fully saturated rings. The van der Waals surface area contributed by atoms with Gasteiger partial charge in [0.2, 0.25) is 0 Å². The molecule has 0 radical (unpaired) electrons. The fourth-order valence-corrected chi connectivity index (χ4v) is 2.16. The van der Waals surface area contributed by atoms with E-state index in [4.69, 9.17) is 11.6 Å². The van der Waals surface area contributed by atoms with Crippen LogP contribution in [0, 0.1) is 5.92 Å². The highest BCUT2D eigenvalue weighted by Crippen LogP contribution is 2.25. The highest BCUT2D eigenvalue weighted by atomic mass is 35.5. The molecule has 0 spiro atoms. The van der Waals surface area contributed by atoms with Gasteiger partial charge in [-0.1, -0.05) is 46.2 Å². The molecule has 1 rings (SSSR count). The van der Waals surface area contributed by atoms with Gasteiger partial charge >= 0.3 is 0 Å². The lowest BCUT2D eigenvalue weighted by atomic mass is 9.96. The summed E-state index contributed by atoms with van der Waals surface area (Å²) in [4.78, 5) is 8.82. The van der Waals surface area contributed by atoms with E-state index in [2.05, 4.69) is 44.6 Å². The van der Waals surface area contributed by atoms with Crippen LogP contribution < -0.4 is 0 Å². The van der Waals surface area contributed by atoms with Crippen LogP contribution in [-0.4, -0.2) is 15.7 Å². The SMILES string of the molecule is CC(C)CSc1cc(Cl)nc(C(C)(C)C)n1. The van der Waals surface area contributed by atoms with Crippen LogP contribution in [0.3, 0.4) is 0 Å². The summed E-state index contributed by atoms with van der Waals surface area (Å²) in [7, 11) is 0. The van der Waals surface area contributed by atoms with Crippen molar-refractivity contribution >= 4 is 23.4 Å². The van der Waals surface area contributed by atoms with Gasteiger partial charge in [0.25, 0.3) is 0 Å². The van der Waals surface area contributed by atoms with Crippen molar-refractivity contribution in [2.75, 3.05) is 5.75 Å². The van der Waals surface area contributed by atoms with Gasteiger partial charge in [-0.25, -0.2) is 9.97 Å². The number of rotatable bonds is 3. The standard InChI is InChI=1S/C12H19ClN2S/c1-8(2)7-16-10-6-9(13)14-11(15-10)12(3,4)5/h6,8H,7H2,1-5H3. The van der Waals surface area contributed by atoms with Gasteiger partial charge in [0.1, 0.15) is 16.0 Å². The number of nitrogens with zero attached hydrogens (tertiary/aromatic N) is 2. The van der Waals surface area contributed by atoms with Crippen LogP contribution >= 0.6 is 23.4 Å². The number of aromatic nitrogens is 2. The smallest absolute Gasteiger partial charge is 0.136 e. The average molecular weight is 259 g/mol. The lowest BCUT2D eigenvalue weighted by Gasteiger charge is -2.17. The molecule has 0 bridgehead atoms. The third-order valence-corrected chi connectivity index (χ3v) is 3.44. The van der Waals surface area contributed by atoms with Crippen molar-refractivity contribution in [1.82, 2.24) is 9.97 Å². The van der Waals surface area contributed by atoms with E-state index in [-0.39, 0.29) is 5.41 Å². The number of hydrogen-bond donors (Lipinski definition) is 0. The molecule has 0 aliphatic rings. The molecule has 90 valence electrons. The molecule has 0 saturated heterocycles. The van der Waals surface area contributed by atoms with Gasteiger partial charge in [0, 0.05) is 17.2 Å². The van der Waals surface area contributed by atoms with Crippen molar-refractivity contribution < 1.29 is 0 Å². The topological polar surface area (TPSA) is 25.8 Å². The Labute approximate surface area is 107 Å². The highest BCUT2D eigenvalue weighted by Gasteiger charge is 2.18. The van der Waals surface area contributed by atoms with Crippen molar-refractivity contribution in [3.8, 4) is 0 Å². The van der Waals surface area contributed by atoms with Gasteiger partial charge in [-0.3, -0.25) is 0 Å². The van der Waals surface area contributed by atoms with E-state index in [1.54, 1.807) is 11.8 Å². The van der Waals surface area contributed by atoms with E-state index >= 15 is 0 Å². The van der Waals surface area contributed by atoms with Gasteiger partial charge in [-0.05, 0) is 5.92 Å². The number of halogens is 1. The molecule has 1 heterocycles. The van der Waals surface area contributed by atoms with Gasteiger partial charge < -0.3 is 0 Å². The van der Waals surface area contributed by atoms with Crippen LogP contribution in [0.2, 0.25) is 5.15 Å². The zero-order valence-electron chi connectivity index (χ0n) is 10.5. The minimum Gasteiger partial charge on any atom is -0.226 e. The van der Waals surface area contributed by atoms with Gasteiger partial charge in [-0.15, -0.1) is 11.8 Å². The molecule has 0 atom stereocenters. The molecular weight excluding hydrogens is 240 g/mol. The average Bonchev–Trinajstić information content (AvgIpc) is 2.12. The van der Waals surface area contributed by atoms with E-state index in [0.29, 0.717) is 11.1 Å². The summed E-state index contributed by atoms with van der Waals surface area (Å²) < 4.78 is 0. The second-order valence-electron chi connectivity index (χ2n) is 5.31. The molecule has 2 nitrogen and oxygen atoms in total. The first-order valence-corrected chi connectivity index (χ1v) is 6.83. The highest BCUT2D eigenvalue weighted by molar-refractivity contribution is 7.99. The maximum absolute atomic E-state index is 6.01. The second-order valence-corrected chi connectivity index (χ2v) is 6.73. The van der Waals surface area contributed by atoms with Crippen molar-refractivity contribution in [3.05, 3.63) is 17.0 Å². The lowest BCUT2D eigenvalue weighted by molar-refractivity contribution is 0.538. The maximum atomic E-state index is 6.01. The first-order valence-electron chi connectivity index (χ1n) is 5.47. The molecule has 0 aliphatic heterocycles. The van der Waals surface area contributed by atoms with Crippen LogP contribution in [0.5, 0.6) is 0 Å². The molecular formula is C12H19ClN2S. The predicted molar refractivity (Wildman–Crippen MR) is 71.3 cm³/mol. The summed E-state index contributed by atoms with van der Waals surface area (Å²) >= 11 is 7.74. The van der Waals surface area contributed by atoms with Crippen molar-refractivity contribution in [1.29, 1.82) is 0 Å². The zero-order chi connectivity index (χ0) is 12.3. The Morgan fingerprint density at radius 1 is 1.31 bits per heavy atom. The minimum absolute atomic E-state index is 0.0575. The van der Waals surface area contributed by atoms with Gasteiger partial charge in [0.05, 0.1) is 0 Å². The quantitative estimate of drug-likeness (QED) is 0.601. The van der Waals surface area contributed by atoms with E-state index < -0.39 is 0 Å². The van der Waals surface area contributed by atoms with Crippen molar-refractivity contribution in [3.63, 3.8) is 0 Å². The third kappa shape index (κ3) is 4.30. The maximum Gasteiger partial charge on any atom is 0.136 e. The first kappa shape index (κ1) is 13.8. The summed E-state index contributed by atoms with van der Waals surface area (Å²) in [5.41, 5.74) is -0.0575. The molecule has 16 heavy (non-hydrogen) atoms. The van der Waals surface area contributed by atoms with Crippen molar-refractivity contribution in [2.45, 2.75) is 45.1 Å². The normalized spacial score (nSPS) is 12.2. The van der Waals surface area contributed by atoms with Gasteiger partial charge in [0.15, 0.2) is 0 Å². The van der Waals surface area contributed by atoms with Crippen LogP contribution in [0.25, 0.3) is 0 Å². The summed E-state index contributed by atoms with van der Waals surface area (Å²) in [6.07, 6.45) is 0. The molecule has 0 amide bonds. The molecule has 1 aromatic heterocycles. The Kier molecular flexibility index (Phi) is 4.62. The fraction of sp³-hybridized carbons (Fsp3) is 0.667. The predicted octanol–water partition coefficient (Wildman–Crippen LogP) is 4.18. The van der Waals surface area contributed by atoms with Crippen LogP contribution in [0.15, 0.2) is 11.1 Å². The van der Waals surface area contributed by atoms with Gasteiger partial charge in [-0.2, -0.15) is 0 Å². The molecule has 0 aliphatic carbocycles. The Hall–Kier alpha value is -0.280. The zero-order valence-corrected chi connectivity index (χ0v) is 12.1. The molecule has 0 N–H and O–H groups in total. The first-order chi connectivity index (χ1) is 7.29. The molecule has 0 saturated carbocycles. The summed E-state index contributed by atoms with van der Waals surface area (Å²) in [6.45, 7) is 10.7. The fourth-order valence-electron chi connectivity index (χ4n) is 1.06. The Balaban J connectivity index is 2.90. The Bertz CT molecular complexity index is 359. The molecule has 4 heteroatoms. The van der Waals surface area contributed by atoms with E-state index in [0.717, 1.165) is 16.6 Å². The Morgan fingerprint density at radius 2 is 1.94 bits per heavy atom. The third-order valence-electron chi connectivity index (χ3n) is 1.91. The minimum atomic E-state index is -0.0575. The largest absolute Gasteiger partial charge is 0.226 e. The number of thioether (sulfide) groups is 1. The van der Waals surface area contributed by atoms with E-state index in [1.165, 1.54) is 0 Å². The Morgan fingerprint density at radius 3 is 2.44 bits per heavy atom. The second kappa shape index (κ2) is 5.37. The van der Waals surface area contributed by atoms with Crippen LogP contribution in [0.1, 0.15) is 40.4 Å². The summed E-state index contributed by atoms with van der Waals surface area (Å²) in [6, 6.07) is 1.84. The van der Waals surface area contributed by atoms with Crippen LogP contribution in [-0.2, 0) is 5.41 Å². The molecule has 0 unspecified atom stereocenters. The summed E-state index contributed by atoms with van der Waals surface area (Å²) in [5, 5.41) is 1.50. The number of hydrogen-bond acceptors (Lipinski definition) is 3.